The number of nitrogens with one attached hydrogen (secondary N) is 5. The van der Waals surface area contributed by atoms with E-state index in [1.165, 1.54) is 14.2 Å². The summed E-state index contributed by atoms with van der Waals surface area (Å²) in [5, 5.41) is 10.6. The predicted octanol–water partition coefficient (Wildman–Crippen LogP) is 6.24. The van der Waals surface area contributed by atoms with Crippen LogP contribution in [0.15, 0.2) is 110 Å². The highest BCUT2D eigenvalue weighted by Crippen LogP contribution is 2.35. The number of hydrogen-bond acceptors (Lipinski definition) is 12. The molecule has 4 aromatic carbocycles. The van der Waals surface area contributed by atoms with Gasteiger partial charge in [0.2, 0.25) is 17.8 Å². The lowest BCUT2D eigenvalue weighted by atomic mass is 10.1. The van der Waals surface area contributed by atoms with E-state index in [9.17, 15) is 19.2 Å². The number of imidazole rings is 1. The van der Waals surface area contributed by atoms with E-state index >= 15 is 0 Å². The van der Waals surface area contributed by atoms with Gasteiger partial charge >= 0.3 is 12.2 Å². The Morgan fingerprint density at radius 3 is 1.72 bits per heavy atom. The minimum Gasteiger partial charge on any atom is -0.453 e. The number of hydrogen-bond donors (Lipinski definition) is 7. The molecule has 54 heavy (non-hydrogen) atoms. The fourth-order valence-electron chi connectivity index (χ4n) is 4.74. The molecule has 6 rings (SSSR count). The Bertz CT molecular complexity index is 2170. The van der Waals surface area contributed by atoms with Gasteiger partial charge in [-0.25, -0.2) is 19.6 Å². The number of benzene rings is 4. The molecule has 0 aliphatic carbocycles. The summed E-state index contributed by atoms with van der Waals surface area (Å²) in [6.45, 7) is 3.28. The number of nitrogens with two attached hydrogens (primary N) is 2. The molecule has 0 spiro atoms. The molecule has 0 saturated carbocycles. The van der Waals surface area contributed by atoms with E-state index in [0.29, 0.717) is 29.6 Å². The summed E-state index contributed by atoms with van der Waals surface area (Å²) in [5.74, 6) is 0.461. The lowest BCUT2D eigenvalue weighted by Gasteiger charge is -2.09. The number of amides is 4. The molecule has 1 aliphatic rings. The molecule has 9 N–H and O–H groups in total. The Morgan fingerprint density at radius 1 is 0.685 bits per heavy atom. The zero-order valence-corrected chi connectivity index (χ0v) is 31.4. The third kappa shape index (κ3) is 11.1. The van der Waals surface area contributed by atoms with Crippen molar-refractivity contribution in [2.45, 2.75) is 51.9 Å². The van der Waals surface area contributed by atoms with Crippen LogP contribution in [0.1, 0.15) is 19.4 Å². The first-order chi connectivity index (χ1) is 25.9. The lowest BCUT2D eigenvalue weighted by Crippen LogP contribution is -2.32. The van der Waals surface area contributed by atoms with Crippen LogP contribution in [0.5, 0.6) is 0 Å². The number of ether oxygens (including phenoxy) is 2. The summed E-state index contributed by atoms with van der Waals surface area (Å²) >= 11 is 3.17. The second kappa shape index (κ2) is 18.2. The number of amidine groups is 1. The number of nitrogens with zero attached hydrogens (tertiary/aromatic N) is 2. The first-order valence-corrected chi connectivity index (χ1v) is 18.1. The largest absolute Gasteiger partial charge is 0.453 e. The number of aromatic amines is 1. The molecule has 0 fully saturated rings. The maximum atomic E-state index is 11.6. The molecule has 1 aromatic heterocycles. The van der Waals surface area contributed by atoms with Crippen molar-refractivity contribution in [2.24, 2.45) is 16.5 Å². The Morgan fingerprint density at radius 2 is 1.19 bits per heavy atom. The predicted molar refractivity (Wildman–Crippen MR) is 211 cm³/mol. The Balaban J connectivity index is 0.000000208. The highest BCUT2D eigenvalue weighted by atomic mass is 32.2. The zero-order valence-electron chi connectivity index (χ0n) is 29.8. The van der Waals surface area contributed by atoms with Crippen LogP contribution in [-0.4, -0.2) is 66.1 Å². The minimum absolute atomic E-state index is 0.217. The molecular formula is C37H39N9O6S2. The van der Waals surface area contributed by atoms with E-state index in [0.717, 1.165) is 41.9 Å². The number of anilines is 3. The Kier molecular flexibility index (Phi) is 13.3. The van der Waals surface area contributed by atoms with Crippen LogP contribution in [-0.2, 0) is 25.5 Å². The molecule has 15 nitrogen and oxygen atoms in total. The van der Waals surface area contributed by atoms with Crippen molar-refractivity contribution in [1.29, 1.82) is 0 Å². The molecule has 280 valence electrons. The third-order valence-electron chi connectivity index (χ3n) is 7.50. The van der Waals surface area contributed by atoms with E-state index < -0.39 is 24.3 Å². The van der Waals surface area contributed by atoms with Gasteiger partial charge in [0, 0.05) is 37.4 Å². The number of alkyl carbamates (subject to hydrolysis) is 1. The number of carbonyl (C=O) groups is 4. The molecule has 4 amide bonds. The summed E-state index contributed by atoms with van der Waals surface area (Å²) < 4.78 is 9.14. The molecule has 5 aromatic rings. The van der Waals surface area contributed by atoms with Gasteiger partial charge in [-0.2, -0.15) is 0 Å². The maximum Gasteiger partial charge on any atom is 0.413 e. The van der Waals surface area contributed by atoms with Crippen molar-refractivity contribution < 1.29 is 28.7 Å². The van der Waals surface area contributed by atoms with Crippen molar-refractivity contribution in [1.82, 2.24) is 15.3 Å². The van der Waals surface area contributed by atoms with Crippen molar-refractivity contribution >= 4 is 87.4 Å². The first kappa shape index (κ1) is 39.3. The van der Waals surface area contributed by atoms with Gasteiger partial charge in [0.25, 0.3) is 0 Å². The molecule has 2 unspecified atom stereocenters. The van der Waals surface area contributed by atoms with Crippen LogP contribution in [0.4, 0.5) is 32.6 Å². The van der Waals surface area contributed by atoms with Gasteiger partial charge in [0.15, 0.2) is 0 Å². The summed E-state index contributed by atoms with van der Waals surface area (Å²) in [6.07, 6.45) is -0.548. The second-order valence-electron chi connectivity index (χ2n) is 11.8. The third-order valence-corrected chi connectivity index (χ3v) is 9.49. The van der Waals surface area contributed by atoms with E-state index in [1.807, 2.05) is 78.9 Å². The van der Waals surface area contributed by atoms with Crippen LogP contribution < -0.4 is 32.7 Å². The summed E-state index contributed by atoms with van der Waals surface area (Å²) in [4.78, 5) is 61.6. The quantitative estimate of drug-likeness (QED) is 0.0887. The highest BCUT2D eigenvalue weighted by molar-refractivity contribution is 7.99. The van der Waals surface area contributed by atoms with E-state index in [1.54, 1.807) is 37.4 Å². The number of rotatable bonds is 9. The van der Waals surface area contributed by atoms with Gasteiger partial charge in [0.1, 0.15) is 5.84 Å². The van der Waals surface area contributed by atoms with Crippen LogP contribution >= 0.6 is 23.5 Å². The van der Waals surface area contributed by atoms with Gasteiger partial charge in [-0.15, -0.1) is 0 Å². The number of aliphatic imine (C=N–C) groups is 1. The number of H-pyrrole nitrogens is 1. The fraction of sp³-hybridized carbons (Fsp3) is 0.189. The molecule has 0 bridgehead atoms. The number of fused-ring (bicyclic) bond motifs is 2. The molecule has 0 radical (unpaired) electrons. The topological polar surface area (TPSA) is 228 Å². The lowest BCUT2D eigenvalue weighted by molar-refractivity contribution is -0.117. The molecule has 17 heteroatoms. The fourth-order valence-corrected chi connectivity index (χ4v) is 6.48. The van der Waals surface area contributed by atoms with Crippen LogP contribution in [0.3, 0.4) is 0 Å². The average molecular weight is 770 g/mol. The van der Waals surface area contributed by atoms with Gasteiger partial charge in [-0.3, -0.25) is 20.2 Å². The maximum absolute atomic E-state index is 11.6. The van der Waals surface area contributed by atoms with Crippen molar-refractivity contribution in [3.8, 4) is 0 Å². The summed E-state index contributed by atoms with van der Waals surface area (Å²) in [5.41, 5.74) is 15.9. The first-order valence-electron chi connectivity index (χ1n) is 16.5. The number of methoxy groups -OCH3 is 2. The van der Waals surface area contributed by atoms with Crippen molar-refractivity contribution in [2.75, 3.05) is 30.2 Å². The molecule has 1 aliphatic heterocycles. The average Bonchev–Trinajstić information content (AvgIpc) is 3.75. The second-order valence-corrected chi connectivity index (χ2v) is 14.1. The van der Waals surface area contributed by atoms with Gasteiger partial charge in [-0.1, -0.05) is 23.5 Å². The van der Waals surface area contributed by atoms with Crippen LogP contribution in [0.2, 0.25) is 0 Å². The standard InChI is InChI=1S/C19H20N4O3S.C18H19N5O3S/c1-11(20)18(24)21-13-3-5-14(6-4-13)27-15-7-8-16-12(9-15)10-17(22-16)23-19(25)26-2;1-10(19)16(24)20-11-3-5-12(6-4-11)27-13-7-8-14-15(9-13)22-17(21-14)23-18(25)26-2/h3-9,11H,10,20H2,1-2H3,(H,21,24)(H,22,23,25);3-10H,19H2,1-2H3,(H,20,24)(H2,21,22,23,25). The molecular weight excluding hydrogens is 731 g/mol. The zero-order chi connectivity index (χ0) is 38.8. The van der Waals surface area contributed by atoms with E-state index in [4.69, 9.17) is 11.5 Å². The molecule has 0 saturated heterocycles. The number of carbonyl (C=O) groups excluding carboxylic acids is 4. The summed E-state index contributed by atoms with van der Waals surface area (Å²) in [7, 11) is 2.61. The summed E-state index contributed by atoms with van der Waals surface area (Å²) in [6, 6.07) is 25.7. The highest BCUT2D eigenvalue weighted by Gasteiger charge is 2.18. The van der Waals surface area contributed by atoms with Gasteiger partial charge in [-0.05, 0) is 104 Å². The Hall–Kier alpha value is -5.88. The van der Waals surface area contributed by atoms with E-state index in [2.05, 4.69) is 51.8 Å². The molecule has 2 heterocycles. The number of aromatic nitrogens is 2. The van der Waals surface area contributed by atoms with Gasteiger partial charge < -0.3 is 36.6 Å². The smallest absolute Gasteiger partial charge is 0.413 e. The van der Waals surface area contributed by atoms with Crippen molar-refractivity contribution in [3.63, 3.8) is 0 Å². The minimum atomic E-state index is -0.583. The monoisotopic (exact) mass is 769 g/mol. The molecule has 2 atom stereocenters. The van der Waals surface area contributed by atoms with Gasteiger partial charge in [0.05, 0.1) is 43.0 Å². The van der Waals surface area contributed by atoms with E-state index in [-0.39, 0.29) is 11.8 Å². The van der Waals surface area contributed by atoms with Crippen LogP contribution in [0, 0.1) is 0 Å². The van der Waals surface area contributed by atoms with Crippen molar-refractivity contribution in [3.05, 3.63) is 90.5 Å². The normalized spacial score (nSPS) is 12.6. The van der Waals surface area contributed by atoms with Crippen LogP contribution in [0.25, 0.3) is 11.0 Å². The SMILES string of the molecule is COC(=O)NC1=Nc2ccc(Sc3ccc(NC(=O)C(C)N)cc3)cc2C1.COC(=O)Nc1nc2ccc(Sc3ccc(NC(=O)C(C)N)cc3)cc2[nH]1. The Labute approximate surface area is 319 Å².